The Hall–Kier alpha value is -1.53. The van der Waals surface area contributed by atoms with Crippen LogP contribution < -0.4 is 11.4 Å². The summed E-state index contributed by atoms with van der Waals surface area (Å²) in [5.41, 5.74) is 5.61. The van der Waals surface area contributed by atoms with Gasteiger partial charge in [0.1, 0.15) is 24.3 Å². The van der Waals surface area contributed by atoms with E-state index >= 15 is 0 Å². The smallest absolute Gasteiger partial charge is 0.351 e. The van der Waals surface area contributed by atoms with Crippen LogP contribution in [-0.2, 0) is 30.4 Å². The van der Waals surface area contributed by atoms with Crippen LogP contribution in [0.2, 0.25) is 0 Å². The number of aliphatic hydroxyl groups excluding tert-OH is 1. The fourth-order valence-corrected chi connectivity index (χ4v) is 3.11. The van der Waals surface area contributed by atoms with Gasteiger partial charge in [-0.2, -0.15) is 13.4 Å². The van der Waals surface area contributed by atoms with Gasteiger partial charge in [-0.3, -0.25) is 8.75 Å². The molecule has 1 fully saturated rings. The zero-order valence-corrected chi connectivity index (χ0v) is 15.1. The van der Waals surface area contributed by atoms with Crippen molar-refractivity contribution in [1.29, 1.82) is 0 Å². The van der Waals surface area contributed by atoms with Crippen LogP contribution in [0.3, 0.4) is 0 Å². The minimum atomic E-state index is -3.73. The number of ether oxygens (including phenoxy) is 2. The Balaban J connectivity index is 2.26. The number of aromatic nitrogens is 2. The molecule has 0 bridgehead atoms. The Bertz CT molecular complexity index is 762. The number of nitrogen functional groups attached to an aromatic ring is 1. The second-order valence-corrected chi connectivity index (χ2v) is 7.69. The highest BCUT2D eigenvalue weighted by molar-refractivity contribution is 7.86. The largest absolute Gasteiger partial charge is 0.394 e. The zero-order chi connectivity index (χ0) is 18.8. The van der Waals surface area contributed by atoms with E-state index in [0.717, 1.165) is 6.26 Å². The monoisotopic (exact) mass is 377 g/mol. The molecular weight excluding hydrogens is 354 g/mol. The van der Waals surface area contributed by atoms with E-state index in [9.17, 15) is 18.3 Å². The Morgan fingerprint density at radius 3 is 2.76 bits per heavy atom. The van der Waals surface area contributed by atoms with Crippen molar-refractivity contribution >= 4 is 15.9 Å². The van der Waals surface area contributed by atoms with Crippen molar-refractivity contribution in [2.45, 2.75) is 51.4 Å². The maximum absolute atomic E-state index is 12.1. The van der Waals surface area contributed by atoms with Gasteiger partial charge in [-0.15, -0.1) is 0 Å². The lowest BCUT2D eigenvalue weighted by Gasteiger charge is -2.17. The predicted molar refractivity (Wildman–Crippen MR) is 88.2 cm³/mol. The van der Waals surface area contributed by atoms with Crippen LogP contribution in [0.15, 0.2) is 11.0 Å². The third-order valence-corrected chi connectivity index (χ3v) is 4.20. The van der Waals surface area contributed by atoms with Gasteiger partial charge in [0.15, 0.2) is 0 Å². The lowest BCUT2D eigenvalue weighted by atomic mass is 10.2. The van der Waals surface area contributed by atoms with Crippen molar-refractivity contribution in [3.63, 3.8) is 0 Å². The highest BCUT2D eigenvalue weighted by Gasteiger charge is 2.39. The summed E-state index contributed by atoms with van der Waals surface area (Å²) in [6, 6.07) is 0. The van der Waals surface area contributed by atoms with Crippen molar-refractivity contribution < 1.29 is 27.2 Å². The second-order valence-electron chi connectivity index (χ2n) is 6.09. The van der Waals surface area contributed by atoms with Gasteiger partial charge in [0.2, 0.25) is 0 Å². The van der Waals surface area contributed by atoms with Crippen molar-refractivity contribution in [3.8, 4) is 0 Å². The molecule has 0 spiro atoms. The molecule has 0 aliphatic carbocycles. The van der Waals surface area contributed by atoms with Crippen molar-refractivity contribution in [2.24, 2.45) is 0 Å². The molecule has 3 atom stereocenters. The molecule has 1 aromatic heterocycles. The first kappa shape index (κ1) is 19.8. The first-order valence-corrected chi connectivity index (χ1v) is 9.56. The summed E-state index contributed by atoms with van der Waals surface area (Å²) in [6.45, 7) is 3.44. The minimum absolute atomic E-state index is 0.0335. The maximum Gasteiger partial charge on any atom is 0.351 e. The maximum atomic E-state index is 12.1. The van der Waals surface area contributed by atoms with E-state index in [2.05, 4.69) is 4.98 Å². The predicted octanol–water partition coefficient (Wildman–Crippen LogP) is -0.625. The average molecular weight is 377 g/mol. The quantitative estimate of drug-likeness (QED) is 0.594. The van der Waals surface area contributed by atoms with Gasteiger partial charge < -0.3 is 20.3 Å². The van der Waals surface area contributed by atoms with Gasteiger partial charge in [0.05, 0.1) is 25.6 Å². The second kappa shape index (κ2) is 7.79. The molecule has 1 saturated heterocycles. The molecule has 0 aromatic carbocycles. The molecule has 0 saturated carbocycles. The lowest BCUT2D eigenvalue weighted by molar-refractivity contribution is -0.0415. The summed E-state index contributed by atoms with van der Waals surface area (Å²) in [5, 5.41) is 9.37. The minimum Gasteiger partial charge on any atom is -0.394 e. The van der Waals surface area contributed by atoms with Crippen LogP contribution in [0.1, 0.15) is 32.1 Å². The number of nitrogens with zero attached hydrogens (tertiary/aromatic N) is 2. The van der Waals surface area contributed by atoms with Crippen molar-refractivity contribution in [3.05, 3.63) is 22.2 Å². The third kappa shape index (κ3) is 5.22. The molecule has 0 unspecified atom stereocenters. The van der Waals surface area contributed by atoms with Crippen molar-refractivity contribution in [1.82, 2.24) is 9.55 Å². The molecule has 11 heteroatoms. The van der Waals surface area contributed by atoms with Gasteiger partial charge in [-0.05, 0) is 13.8 Å². The van der Waals surface area contributed by atoms with E-state index in [1.807, 2.05) is 13.8 Å². The van der Waals surface area contributed by atoms with E-state index in [-0.39, 0.29) is 24.9 Å². The van der Waals surface area contributed by atoms with E-state index in [1.54, 1.807) is 0 Å². The van der Waals surface area contributed by atoms with Crippen LogP contribution in [0.4, 0.5) is 5.82 Å². The molecule has 0 amide bonds. The SMILES string of the molecule is CC(C)OCc1cn([C@H]2C[C@H](OS(C)(=O)=O)[C@@H](CO)O2)c(=O)nc1N. The van der Waals surface area contributed by atoms with Crippen LogP contribution in [-0.4, -0.2) is 54.2 Å². The highest BCUT2D eigenvalue weighted by Crippen LogP contribution is 2.31. The Morgan fingerprint density at radius 2 is 2.20 bits per heavy atom. The van der Waals surface area contributed by atoms with Gasteiger partial charge >= 0.3 is 5.69 Å². The van der Waals surface area contributed by atoms with Crippen molar-refractivity contribution in [2.75, 3.05) is 18.6 Å². The third-order valence-electron chi connectivity index (χ3n) is 3.60. The molecule has 0 radical (unpaired) electrons. The van der Waals surface area contributed by atoms with Crippen LogP contribution in [0, 0.1) is 0 Å². The standard InChI is InChI=1S/C14H23N3O7S/c1-8(2)22-7-9-5-17(14(19)16-13(9)15)12-4-10(11(6-18)23-12)24-25(3,20)21/h5,8,10-12,18H,4,6-7H2,1-3H3,(H2,15,16,19)/t10-,11+,12+/m0/s1. The van der Waals surface area contributed by atoms with Gasteiger partial charge in [-0.25, -0.2) is 4.79 Å². The highest BCUT2D eigenvalue weighted by atomic mass is 32.2. The summed E-state index contributed by atoms with van der Waals surface area (Å²) in [7, 11) is -3.73. The Labute approximate surface area is 145 Å². The number of hydrogen-bond acceptors (Lipinski definition) is 9. The summed E-state index contributed by atoms with van der Waals surface area (Å²) in [6.07, 6.45) is -0.198. The number of rotatable bonds is 7. The summed E-state index contributed by atoms with van der Waals surface area (Å²) in [4.78, 5) is 15.9. The average Bonchev–Trinajstić information content (AvgIpc) is 2.86. The van der Waals surface area contributed by atoms with Crippen LogP contribution in [0.25, 0.3) is 0 Å². The van der Waals surface area contributed by atoms with E-state index in [1.165, 1.54) is 10.8 Å². The summed E-state index contributed by atoms with van der Waals surface area (Å²) >= 11 is 0. The van der Waals surface area contributed by atoms with Gasteiger partial charge in [0, 0.05) is 18.2 Å². The molecule has 10 nitrogen and oxygen atoms in total. The number of anilines is 1. The zero-order valence-electron chi connectivity index (χ0n) is 14.3. The first-order valence-electron chi connectivity index (χ1n) is 7.74. The molecule has 142 valence electrons. The fourth-order valence-electron chi connectivity index (χ4n) is 2.46. The Kier molecular flexibility index (Phi) is 6.16. The molecule has 1 aliphatic rings. The molecule has 2 heterocycles. The topological polar surface area (TPSA) is 143 Å². The molecule has 1 aromatic rings. The molecule has 25 heavy (non-hydrogen) atoms. The molecule has 2 rings (SSSR count). The number of nitrogens with two attached hydrogens (primary N) is 1. The number of aliphatic hydroxyl groups is 1. The lowest BCUT2D eigenvalue weighted by Crippen LogP contribution is -2.30. The van der Waals surface area contributed by atoms with Crippen LogP contribution >= 0.6 is 0 Å². The van der Waals surface area contributed by atoms with Gasteiger partial charge in [0.25, 0.3) is 10.1 Å². The fraction of sp³-hybridized carbons (Fsp3) is 0.714. The van der Waals surface area contributed by atoms with Crippen LogP contribution in [0.5, 0.6) is 0 Å². The molecule has 3 N–H and O–H groups in total. The van der Waals surface area contributed by atoms with E-state index in [0.29, 0.717) is 5.56 Å². The first-order chi connectivity index (χ1) is 11.6. The normalized spacial score (nSPS) is 24.1. The van der Waals surface area contributed by atoms with Gasteiger partial charge in [-0.1, -0.05) is 0 Å². The Morgan fingerprint density at radius 1 is 1.52 bits per heavy atom. The summed E-state index contributed by atoms with van der Waals surface area (Å²) in [5.74, 6) is 0.0579. The van der Waals surface area contributed by atoms with E-state index in [4.69, 9.17) is 19.4 Å². The summed E-state index contributed by atoms with van der Waals surface area (Å²) < 4.78 is 39.8. The molecular formula is C14H23N3O7S. The van der Waals surface area contributed by atoms with E-state index < -0.39 is 40.9 Å². The molecule has 1 aliphatic heterocycles. The number of hydrogen-bond donors (Lipinski definition) is 2.